The van der Waals surface area contributed by atoms with Gasteiger partial charge in [-0.15, -0.1) is 24.0 Å². The summed E-state index contributed by atoms with van der Waals surface area (Å²) in [5.74, 6) is 0.866. The number of halogens is 1. The lowest BCUT2D eigenvalue weighted by Crippen LogP contribution is -2.37. The highest BCUT2D eigenvalue weighted by molar-refractivity contribution is 14.0. The first kappa shape index (κ1) is 23.1. The average molecular weight is 449 g/mol. The van der Waals surface area contributed by atoms with Gasteiger partial charge in [0.2, 0.25) is 0 Å². The molecule has 0 fully saturated rings. The highest BCUT2D eigenvalue weighted by atomic mass is 127. The van der Waals surface area contributed by atoms with Crippen molar-refractivity contribution in [2.45, 2.75) is 39.8 Å². The first-order valence-corrected chi connectivity index (χ1v) is 8.46. The lowest BCUT2D eigenvalue weighted by atomic mass is 10.1. The fourth-order valence-electron chi connectivity index (χ4n) is 2.10. The molecule has 5 nitrogen and oxygen atoms in total. The van der Waals surface area contributed by atoms with Gasteiger partial charge in [0.25, 0.3) is 0 Å². The van der Waals surface area contributed by atoms with Crippen LogP contribution < -0.4 is 10.6 Å². The Morgan fingerprint density at radius 3 is 2.38 bits per heavy atom. The maximum absolute atomic E-state index is 5.34. The molecule has 24 heavy (non-hydrogen) atoms. The van der Waals surface area contributed by atoms with E-state index >= 15 is 0 Å². The third kappa shape index (κ3) is 10.8. The van der Waals surface area contributed by atoms with Crippen LogP contribution in [0.15, 0.2) is 29.3 Å². The van der Waals surface area contributed by atoms with Gasteiger partial charge in [0.15, 0.2) is 5.96 Å². The molecule has 2 N–H and O–H groups in total. The number of hydrogen-bond acceptors (Lipinski definition) is 3. The Bertz CT molecular complexity index is 438. The van der Waals surface area contributed by atoms with Gasteiger partial charge in [-0.2, -0.15) is 0 Å². The molecule has 0 spiro atoms. The number of nitrogens with one attached hydrogen (secondary N) is 2. The predicted molar refractivity (Wildman–Crippen MR) is 111 cm³/mol. The molecular weight excluding hydrogens is 417 g/mol. The summed E-state index contributed by atoms with van der Waals surface area (Å²) >= 11 is 0. The predicted octanol–water partition coefficient (Wildman–Crippen LogP) is 3.32. The molecule has 0 amide bonds. The van der Waals surface area contributed by atoms with E-state index < -0.39 is 0 Å². The van der Waals surface area contributed by atoms with Crippen LogP contribution in [-0.4, -0.2) is 39.4 Å². The van der Waals surface area contributed by atoms with Crippen LogP contribution in [0.25, 0.3) is 0 Å². The van der Waals surface area contributed by atoms with E-state index in [1.165, 1.54) is 11.1 Å². The second-order valence-corrected chi connectivity index (χ2v) is 5.28. The molecule has 0 atom stereocenters. The molecule has 0 bridgehead atoms. The second-order valence-electron chi connectivity index (χ2n) is 5.28. The zero-order valence-corrected chi connectivity index (χ0v) is 17.5. The van der Waals surface area contributed by atoms with Crippen molar-refractivity contribution in [3.63, 3.8) is 0 Å². The van der Waals surface area contributed by atoms with Crippen molar-refractivity contribution in [2.75, 3.05) is 33.4 Å². The largest absolute Gasteiger partial charge is 0.382 e. The van der Waals surface area contributed by atoms with E-state index in [0.717, 1.165) is 45.1 Å². The van der Waals surface area contributed by atoms with Crippen molar-refractivity contribution in [2.24, 2.45) is 4.99 Å². The summed E-state index contributed by atoms with van der Waals surface area (Å²) in [7, 11) is 1.71. The van der Waals surface area contributed by atoms with E-state index in [-0.39, 0.29) is 24.0 Å². The molecule has 0 aliphatic heterocycles. The number of unbranched alkanes of at least 4 members (excludes halogenated alkanes) is 1. The van der Waals surface area contributed by atoms with Gasteiger partial charge in [-0.1, -0.05) is 24.3 Å². The van der Waals surface area contributed by atoms with Crippen LogP contribution in [-0.2, 0) is 22.6 Å². The summed E-state index contributed by atoms with van der Waals surface area (Å²) in [4.78, 5) is 4.63. The molecule has 0 aliphatic rings. The fourth-order valence-corrected chi connectivity index (χ4v) is 2.10. The van der Waals surface area contributed by atoms with E-state index in [4.69, 9.17) is 9.47 Å². The Kier molecular flexibility index (Phi) is 15.1. The van der Waals surface area contributed by atoms with Crippen molar-refractivity contribution >= 4 is 29.9 Å². The maximum atomic E-state index is 5.34. The monoisotopic (exact) mass is 449 g/mol. The summed E-state index contributed by atoms with van der Waals surface area (Å²) in [5.41, 5.74) is 2.37. The number of guanidine groups is 1. The number of rotatable bonds is 11. The first-order valence-electron chi connectivity index (χ1n) is 8.46. The average Bonchev–Trinajstić information content (AvgIpc) is 2.57. The highest BCUT2D eigenvalue weighted by Gasteiger charge is 1.98. The molecule has 1 rings (SSSR count). The standard InChI is InChI=1S/C18H31N3O2.HI/c1-4-19-18(20-12-6-7-13-23-5-2)21-14-16-8-10-17(11-9-16)15-22-3;/h8-11H,4-7,12-15H2,1-3H3,(H2,19,20,21);1H. The number of hydrogen-bond donors (Lipinski definition) is 2. The Balaban J connectivity index is 0.00000529. The van der Waals surface area contributed by atoms with Gasteiger partial charge in [-0.05, 0) is 37.8 Å². The van der Waals surface area contributed by atoms with E-state index in [1.807, 2.05) is 6.92 Å². The van der Waals surface area contributed by atoms with Crippen molar-refractivity contribution in [3.8, 4) is 0 Å². The Labute approximate surface area is 163 Å². The minimum absolute atomic E-state index is 0. The molecule has 1 aromatic carbocycles. The van der Waals surface area contributed by atoms with Crippen LogP contribution in [0.4, 0.5) is 0 Å². The smallest absolute Gasteiger partial charge is 0.191 e. The minimum Gasteiger partial charge on any atom is -0.382 e. The Morgan fingerprint density at radius 1 is 1.04 bits per heavy atom. The summed E-state index contributed by atoms with van der Waals surface area (Å²) in [6.07, 6.45) is 2.15. The van der Waals surface area contributed by atoms with E-state index in [9.17, 15) is 0 Å². The van der Waals surface area contributed by atoms with Gasteiger partial charge >= 0.3 is 0 Å². The summed E-state index contributed by atoms with van der Waals surface area (Å²) < 4.78 is 10.5. The van der Waals surface area contributed by atoms with Crippen LogP contribution in [0, 0.1) is 0 Å². The van der Waals surface area contributed by atoms with Gasteiger partial charge in [-0.3, -0.25) is 0 Å². The van der Waals surface area contributed by atoms with Crippen molar-refractivity contribution in [1.82, 2.24) is 10.6 Å². The minimum atomic E-state index is 0. The van der Waals surface area contributed by atoms with Crippen LogP contribution in [0.2, 0.25) is 0 Å². The van der Waals surface area contributed by atoms with Crippen LogP contribution in [0.1, 0.15) is 37.8 Å². The molecular formula is C18H32IN3O2. The SMILES string of the molecule is CCNC(=NCc1ccc(COC)cc1)NCCCCOCC.I. The number of ether oxygens (including phenoxy) is 2. The van der Waals surface area contributed by atoms with Crippen molar-refractivity contribution < 1.29 is 9.47 Å². The maximum Gasteiger partial charge on any atom is 0.191 e. The highest BCUT2D eigenvalue weighted by Crippen LogP contribution is 2.06. The summed E-state index contributed by atoms with van der Waals surface area (Å²) in [5, 5.41) is 6.64. The molecule has 0 saturated carbocycles. The number of benzene rings is 1. The summed E-state index contributed by atoms with van der Waals surface area (Å²) in [6.45, 7) is 8.81. The van der Waals surface area contributed by atoms with E-state index in [2.05, 4.69) is 46.8 Å². The molecule has 0 aliphatic carbocycles. The molecule has 0 heterocycles. The topological polar surface area (TPSA) is 54.9 Å². The molecule has 138 valence electrons. The van der Waals surface area contributed by atoms with Crippen molar-refractivity contribution in [1.29, 1.82) is 0 Å². The first-order chi connectivity index (χ1) is 11.3. The van der Waals surface area contributed by atoms with Gasteiger partial charge in [0.1, 0.15) is 0 Å². The normalized spacial score (nSPS) is 11.0. The van der Waals surface area contributed by atoms with Gasteiger partial charge in [0, 0.05) is 33.4 Å². The second kappa shape index (κ2) is 15.7. The molecule has 0 radical (unpaired) electrons. The summed E-state index contributed by atoms with van der Waals surface area (Å²) in [6, 6.07) is 8.37. The lowest BCUT2D eigenvalue weighted by molar-refractivity contribution is 0.143. The fraction of sp³-hybridized carbons (Fsp3) is 0.611. The van der Waals surface area contributed by atoms with Gasteiger partial charge < -0.3 is 20.1 Å². The quantitative estimate of drug-likeness (QED) is 0.236. The van der Waals surface area contributed by atoms with Crippen LogP contribution >= 0.6 is 24.0 Å². The van der Waals surface area contributed by atoms with Crippen molar-refractivity contribution in [3.05, 3.63) is 35.4 Å². The molecule has 1 aromatic rings. The number of nitrogens with zero attached hydrogens (tertiary/aromatic N) is 1. The Morgan fingerprint density at radius 2 is 1.75 bits per heavy atom. The van der Waals surface area contributed by atoms with Gasteiger partial charge in [-0.25, -0.2) is 4.99 Å². The molecule has 0 aromatic heterocycles. The Hall–Kier alpha value is -0.860. The molecule has 0 unspecified atom stereocenters. The van der Waals surface area contributed by atoms with E-state index in [1.54, 1.807) is 7.11 Å². The van der Waals surface area contributed by atoms with Crippen LogP contribution in [0.5, 0.6) is 0 Å². The number of aliphatic imine (C=N–C) groups is 1. The van der Waals surface area contributed by atoms with E-state index in [0.29, 0.717) is 13.2 Å². The van der Waals surface area contributed by atoms with Gasteiger partial charge in [0.05, 0.1) is 13.2 Å². The third-order valence-corrected chi connectivity index (χ3v) is 3.31. The van der Waals surface area contributed by atoms with Crippen LogP contribution in [0.3, 0.4) is 0 Å². The zero-order chi connectivity index (χ0) is 16.8. The molecule has 6 heteroatoms. The zero-order valence-electron chi connectivity index (χ0n) is 15.1. The molecule has 0 saturated heterocycles. The lowest BCUT2D eigenvalue weighted by Gasteiger charge is -2.11. The number of methoxy groups -OCH3 is 1. The third-order valence-electron chi connectivity index (χ3n) is 3.31.